The Labute approximate surface area is 104 Å². The molecule has 3 heteroatoms. The van der Waals surface area contributed by atoms with Crippen LogP contribution in [0.1, 0.15) is 17.9 Å². The Hall–Kier alpha value is -0.580. The van der Waals surface area contributed by atoms with E-state index in [1.165, 1.54) is 5.56 Å². The molecule has 1 aliphatic carbocycles. The van der Waals surface area contributed by atoms with Crippen molar-refractivity contribution in [1.29, 1.82) is 0 Å². The van der Waals surface area contributed by atoms with Gasteiger partial charge >= 0.3 is 0 Å². The van der Waals surface area contributed by atoms with Gasteiger partial charge in [0, 0.05) is 16.9 Å². The zero-order valence-electron chi connectivity index (χ0n) is 8.45. The average molecular weight is 315 g/mol. The monoisotopic (exact) mass is 315 g/mol. The van der Waals surface area contributed by atoms with Crippen LogP contribution in [0.25, 0.3) is 0 Å². The predicted molar refractivity (Wildman–Crippen MR) is 69.2 cm³/mol. The predicted octanol–water partition coefficient (Wildman–Crippen LogP) is 2.34. The van der Waals surface area contributed by atoms with Crippen LogP contribution in [0.4, 0.5) is 0 Å². The Kier molecular flexibility index (Phi) is 3.61. The zero-order valence-corrected chi connectivity index (χ0v) is 10.6. The molecule has 0 spiro atoms. The summed E-state index contributed by atoms with van der Waals surface area (Å²) in [6.07, 6.45) is 1.01. The highest BCUT2D eigenvalue weighted by atomic mass is 127. The largest absolute Gasteiger partial charge is 0.355 e. The van der Waals surface area contributed by atoms with E-state index >= 15 is 0 Å². The topological polar surface area (TPSA) is 29.1 Å². The van der Waals surface area contributed by atoms with E-state index in [0.717, 1.165) is 17.4 Å². The number of hydrogen-bond acceptors (Lipinski definition) is 1. The molecule has 1 aromatic carbocycles. The van der Waals surface area contributed by atoms with Crippen molar-refractivity contribution in [2.45, 2.75) is 12.3 Å². The first kappa shape index (κ1) is 10.9. The van der Waals surface area contributed by atoms with Crippen molar-refractivity contribution in [2.75, 3.05) is 11.0 Å². The third-order valence-electron chi connectivity index (χ3n) is 2.75. The maximum absolute atomic E-state index is 11.6. The fourth-order valence-corrected chi connectivity index (χ4v) is 2.12. The van der Waals surface area contributed by atoms with Crippen LogP contribution in [0.3, 0.4) is 0 Å². The zero-order chi connectivity index (χ0) is 10.7. The van der Waals surface area contributed by atoms with Gasteiger partial charge < -0.3 is 5.32 Å². The summed E-state index contributed by atoms with van der Waals surface area (Å²) in [5.74, 6) is 0.899. The number of hydrogen-bond donors (Lipinski definition) is 1. The lowest BCUT2D eigenvalue weighted by Gasteiger charge is -2.02. The number of rotatable bonds is 4. The fourth-order valence-electron chi connectivity index (χ4n) is 1.85. The molecule has 1 aromatic rings. The summed E-state index contributed by atoms with van der Waals surface area (Å²) >= 11 is 2.27. The van der Waals surface area contributed by atoms with Crippen molar-refractivity contribution in [3.05, 3.63) is 35.9 Å². The summed E-state index contributed by atoms with van der Waals surface area (Å²) in [4.78, 5) is 11.6. The van der Waals surface area contributed by atoms with E-state index in [-0.39, 0.29) is 11.8 Å². The molecule has 1 fully saturated rings. The summed E-state index contributed by atoms with van der Waals surface area (Å²) in [7, 11) is 0. The van der Waals surface area contributed by atoms with Gasteiger partial charge in [0.05, 0.1) is 0 Å². The summed E-state index contributed by atoms with van der Waals surface area (Å²) < 4.78 is 0.978. The summed E-state index contributed by atoms with van der Waals surface area (Å²) in [6.45, 7) is 0.789. The molecule has 1 saturated carbocycles. The standard InChI is InChI=1S/C12H14INO/c13-6-7-14-12(15)11-8-10(11)9-4-2-1-3-5-9/h1-5,10-11H,6-8H2,(H,14,15). The number of carbonyl (C=O) groups excluding carboxylic acids is 1. The molecule has 0 aliphatic heterocycles. The van der Waals surface area contributed by atoms with E-state index in [0.29, 0.717) is 5.92 Å². The van der Waals surface area contributed by atoms with Gasteiger partial charge in [-0.2, -0.15) is 0 Å². The quantitative estimate of drug-likeness (QED) is 0.671. The molecule has 0 heterocycles. The number of halogens is 1. The highest BCUT2D eigenvalue weighted by molar-refractivity contribution is 14.1. The molecule has 2 atom stereocenters. The Morgan fingerprint density at radius 1 is 1.40 bits per heavy atom. The van der Waals surface area contributed by atoms with Gasteiger partial charge in [0.25, 0.3) is 0 Å². The molecule has 2 nitrogen and oxygen atoms in total. The fraction of sp³-hybridized carbons (Fsp3) is 0.417. The van der Waals surface area contributed by atoms with Gasteiger partial charge in [-0.3, -0.25) is 4.79 Å². The molecule has 0 saturated heterocycles. The number of carbonyl (C=O) groups is 1. The van der Waals surface area contributed by atoms with Crippen molar-refractivity contribution in [3.63, 3.8) is 0 Å². The summed E-state index contributed by atoms with van der Waals surface area (Å²) in [6, 6.07) is 10.3. The molecule has 0 radical (unpaired) electrons. The van der Waals surface area contributed by atoms with Crippen molar-refractivity contribution in [1.82, 2.24) is 5.32 Å². The van der Waals surface area contributed by atoms with Gasteiger partial charge in [-0.25, -0.2) is 0 Å². The summed E-state index contributed by atoms with van der Waals surface area (Å²) in [5.41, 5.74) is 1.30. The van der Waals surface area contributed by atoms with Crippen molar-refractivity contribution < 1.29 is 4.79 Å². The molecule has 2 rings (SSSR count). The normalized spacial score (nSPS) is 23.5. The smallest absolute Gasteiger partial charge is 0.223 e. The molecule has 15 heavy (non-hydrogen) atoms. The number of amides is 1. The van der Waals surface area contributed by atoms with E-state index in [1.54, 1.807) is 0 Å². The maximum atomic E-state index is 11.6. The van der Waals surface area contributed by atoms with Gasteiger partial charge in [0.2, 0.25) is 5.91 Å². The van der Waals surface area contributed by atoms with E-state index in [2.05, 4.69) is 40.0 Å². The molecule has 1 N–H and O–H groups in total. The number of alkyl halides is 1. The minimum Gasteiger partial charge on any atom is -0.355 e. The van der Waals surface area contributed by atoms with Gasteiger partial charge in [0.15, 0.2) is 0 Å². The maximum Gasteiger partial charge on any atom is 0.223 e. The Balaban J connectivity index is 1.88. The SMILES string of the molecule is O=C(NCCI)C1CC1c1ccccc1. The Morgan fingerprint density at radius 3 is 2.80 bits per heavy atom. The molecule has 80 valence electrons. The van der Waals surface area contributed by atoms with Crippen LogP contribution in [0.15, 0.2) is 30.3 Å². The average Bonchev–Trinajstić information content (AvgIpc) is 3.07. The number of benzene rings is 1. The molecular weight excluding hydrogens is 301 g/mol. The van der Waals surface area contributed by atoms with Gasteiger partial charge in [-0.05, 0) is 17.9 Å². The van der Waals surface area contributed by atoms with Crippen molar-refractivity contribution in [2.24, 2.45) is 5.92 Å². The lowest BCUT2D eigenvalue weighted by atomic mass is 10.1. The van der Waals surface area contributed by atoms with E-state index in [4.69, 9.17) is 0 Å². The molecule has 1 amide bonds. The third kappa shape index (κ3) is 2.71. The first-order chi connectivity index (χ1) is 7.33. The van der Waals surface area contributed by atoms with Gasteiger partial charge in [0.1, 0.15) is 0 Å². The second kappa shape index (κ2) is 4.96. The molecule has 0 bridgehead atoms. The van der Waals surface area contributed by atoms with Crippen LogP contribution in [0.2, 0.25) is 0 Å². The third-order valence-corrected chi connectivity index (χ3v) is 3.29. The van der Waals surface area contributed by atoms with Crippen LogP contribution >= 0.6 is 22.6 Å². The van der Waals surface area contributed by atoms with Gasteiger partial charge in [-0.1, -0.05) is 52.9 Å². The first-order valence-corrected chi connectivity index (χ1v) is 6.74. The van der Waals surface area contributed by atoms with Crippen molar-refractivity contribution in [3.8, 4) is 0 Å². The molecule has 2 unspecified atom stereocenters. The van der Waals surface area contributed by atoms with Crippen LogP contribution in [0.5, 0.6) is 0 Å². The highest BCUT2D eigenvalue weighted by Crippen LogP contribution is 2.47. The molecule has 0 aromatic heterocycles. The Bertz CT molecular complexity index is 339. The van der Waals surface area contributed by atoms with Gasteiger partial charge in [-0.15, -0.1) is 0 Å². The lowest BCUT2D eigenvalue weighted by molar-refractivity contribution is -0.122. The van der Waals surface area contributed by atoms with E-state index in [9.17, 15) is 4.79 Å². The highest BCUT2D eigenvalue weighted by Gasteiger charge is 2.43. The molecule has 1 aliphatic rings. The van der Waals surface area contributed by atoms with E-state index < -0.39 is 0 Å². The van der Waals surface area contributed by atoms with Crippen LogP contribution in [-0.2, 0) is 4.79 Å². The van der Waals surface area contributed by atoms with Crippen molar-refractivity contribution >= 4 is 28.5 Å². The Morgan fingerprint density at radius 2 is 2.13 bits per heavy atom. The van der Waals surface area contributed by atoms with Crippen LogP contribution < -0.4 is 5.32 Å². The first-order valence-electron chi connectivity index (χ1n) is 5.21. The molecular formula is C12H14INO. The number of nitrogens with one attached hydrogen (secondary N) is 1. The second-order valence-electron chi connectivity index (χ2n) is 3.84. The minimum atomic E-state index is 0.218. The summed E-state index contributed by atoms with van der Waals surface area (Å²) in [5, 5.41) is 2.95. The van der Waals surface area contributed by atoms with E-state index in [1.807, 2.05) is 18.2 Å². The minimum absolute atomic E-state index is 0.218. The van der Waals surface area contributed by atoms with Crippen LogP contribution in [0, 0.1) is 5.92 Å². The lowest BCUT2D eigenvalue weighted by Crippen LogP contribution is -2.27. The second-order valence-corrected chi connectivity index (χ2v) is 4.92. The van der Waals surface area contributed by atoms with Crippen LogP contribution in [-0.4, -0.2) is 16.9 Å².